The normalized spacial score (nSPS) is 31.4. The van der Waals surface area contributed by atoms with Crippen LogP contribution in [-0.2, 0) is 13.9 Å². The van der Waals surface area contributed by atoms with Crippen LogP contribution in [-0.4, -0.2) is 51.8 Å². The monoisotopic (exact) mass is 344 g/mol. The highest BCUT2D eigenvalue weighted by Crippen LogP contribution is 2.40. The maximum atomic E-state index is 13.0. The van der Waals surface area contributed by atoms with E-state index in [1.165, 1.54) is 7.11 Å². The van der Waals surface area contributed by atoms with Crippen LogP contribution in [0.15, 0.2) is 0 Å². The van der Waals surface area contributed by atoms with Crippen molar-refractivity contribution in [2.45, 2.75) is 70.0 Å². The van der Waals surface area contributed by atoms with Crippen molar-refractivity contribution < 1.29 is 32.2 Å². The first-order valence-electron chi connectivity index (χ1n) is 7.36. The van der Waals surface area contributed by atoms with Crippen molar-refractivity contribution in [2.75, 3.05) is 13.7 Å². The Kier molecular flexibility index (Phi) is 6.11. The summed E-state index contributed by atoms with van der Waals surface area (Å²) in [5.41, 5.74) is 0. The molecule has 0 bridgehead atoms. The molecule has 0 unspecified atom stereocenters. The minimum Gasteiger partial charge on any atom is -0.414 e. The Bertz CT molecular complexity index is 368. The van der Waals surface area contributed by atoms with E-state index in [0.29, 0.717) is 0 Å². The number of hydrogen-bond donors (Lipinski definition) is 1. The van der Waals surface area contributed by atoms with E-state index >= 15 is 0 Å². The van der Waals surface area contributed by atoms with Gasteiger partial charge in [0.05, 0.1) is 18.6 Å². The highest BCUT2D eigenvalue weighted by molar-refractivity contribution is 6.74. The number of hydrogen-bond acceptors (Lipinski definition) is 4. The molecule has 1 aliphatic rings. The standard InChI is InChI=1S/C14H27F3O4Si/c1-13(2,3)22(5,6)20-8-9-7-10(14(15,16)17)11(18)12(19-4)21-9/h9-12,18H,7-8H2,1-6H3/t9-,10-,11+,12-/m0/s1. The van der Waals surface area contributed by atoms with Crippen molar-refractivity contribution >= 4 is 8.32 Å². The molecule has 1 fully saturated rings. The summed E-state index contributed by atoms with van der Waals surface area (Å²) in [7, 11) is -0.850. The van der Waals surface area contributed by atoms with Gasteiger partial charge in [-0.25, -0.2) is 0 Å². The van der Waals surface area contributed by atoms with Crippen LogP contribution < -0.4 is 0 Å². The summed E-state index contributed by atoms with van der Waals surface area (Å²) < 4.78 is 55.3. The molecule has 8 heteroatoms. The summed E-state index contributed by atoms with van der Waals surface area (Å²) in [6.45, 7) is 10.3. The van der Waals surface area contributed by atoms with Crippen molar-refractivity contribution in [3.05, 3.63) is 0 Å². The number of methoxy groups -OCH3 is 1. The second-order valence-corrected chi connectivity index (χ2v) is 12.1. The van der Waals surface area contributed by atoms with Crippen LogP contribution in [0.5, 0.6) is 0 Å². The quantitative estimate of drug-likeness (QED) is 0.795. The molecule has 0 aliphatic carbocycles. The Morgan fingerprint density at radius 1 is 1.23 bits per heavy atom. The lowest BCUT2D eigenvalue weighted by atomic mass is 9.91. The van der Waals surface area contributed by atoms with Crippen molar-refractivity contribution in [1.29, 1.82) is 0 Å². The van der Waals surface area contributed by atoms with Gasteiger partial charge in [-0.1, -0.05) is 20.8 Å². The van der Waals surface area contributed by atoms with Crippen LogP contribution in [0, 0.1) is 5.92 Å². The van der Waals surface area contributed by atoms with E-state index in [4.69, 9.17) is 13.9 Å². The predicted molar refractivity (Wildman–Crippen MR) is 79.0 cm³/mol. The molecule has 0 saturated carbocycles. The highest BCUT2D eigenvalue weighted by Gasteiger charge is 2.52. The summed E-state index contributed by atoms with van der Waals surface area (Å²) in [6, 6.07) is 0. The van der Waals surface area contributed by atoms with Gasteiger partial charge in [-0.3, -0.25) is 0 Å². The first kappa shape index (κ1) is 19.9. The average Bonchev–Trinajstić information content (AvgIpc) is 2.34. The van der Waals surface area contributed by atoms with E-state index in [9.17, 15) is 18.3 Å². The van der Waals surface area contributed by atoms with Gasteiger partial charge in [0.1, 0.15) is 6.10 Å². The lowest BCUT2D eigenvalue weighted by Gasteiger charge is -2.41. The molecule has 132 valence electrons. The Morgan fingerprint density at radius 2 is 1.77 bits per heavy atom. The molecule has 1 aliphatic heterocycles. The van der Waals surface area contributed by atoms with E-state index in [0.717, 1.165) is 0 Å². The van der Waals surface area contributed by atoms with Gasteiger partial charge in [0.15, 0.2) is 14.6 Å². The van der Waals surface area contributed by atoms with E-state index in [1.54, 1.807) is 0 Å². The van der Waals surface area contributed by atoms with Crippen LogP contribution in [0.4, 0.5) is 13.2 Å². The van der Waals surface area contributed by atoms with Gasteiger partial charge in [-0.15, -0.1) is 0 Å². The fourth-order valence-electron chi connectivity index (χ4n) is 2.09. The summed E-state index contributed by atoms with van der Waals surface area (Å²) in [5.74, 6) is -1.86. The molecule has 0 amide bonds. The molecule has 1 rings (SSSR count). The first-order valence-corrected chi connectivity index (χ1v) is 10.3. The fourth-order valence-corrected chi connectivity index (χ4v) is 3.12. The van der Waals surface area contributed by atoms with Crippen molar-refractivity contribution in [3.63, 3.8) is 0 Å². The zero-order chi connectivity index (χ0) is 17.3. The zero-order valence-corrected chi connectivity index (χ0v) is 15.0. The molecule has 0 spiro atoms. The summed E-state index contributed by atoms with van der Waals surface area (Å²) >= 11 is 0. The minimum absolute atomic E-state index is 0.0364. The molecule has 0 aromatic rings. The van der Waals surface area contributed by atoms with E-state index in [1.807, 2.05) is 13.1 Å². The number of ether oxygens (including phenoxy) is 2. The number of halogens is 3. The van der Waals surface area contributed by atoms with Gasteiger partial charge in [-0.2, -0.15) is 13.2 Å². The molecule has 22 heavy (non-hydrogen) atoms. The number of alkyl halides is 3. The molecule has 4 nitrogen and oxygen atoms in total. The molecule has 1 saturated heterocycles. The fraction of sp³-hybridized carbons (Fsp3) is 1.00. The number of rotatable bonds is 4. The first-order chi connectivity index (χ1) is 9.79. The Balaban J connectivity index is 2.76. The molecular weight excluding hydrogens is 317 g/mol. The van der Waals surface area contributed by atoms with E-state index in [-0.39, 0.29) is 18.1 Å². The second kappa shape index (κ2) is 6.76. The Hall–Kier alpha value is -0.153. The van der Waals surface area contributed by atoms with Crippen LogP contribution in [0.3, 0.4) is 0 Å². The lowest BCUT2D eigenvalue weighted by Crippen LogP contribution is -2.53. The van der Waals surface area contributed by atoms with Crippen LogP contribution in [0.2, 0.25) is 18.1 Å². The largest absolute Gasteiger partial charge is 0.414 e. The average molecular weight is 344 g/mol. The summed E-state index contributed by atoms with van der Waals surface area (Å²) in [5, 5.41) is 9.70. The topological polar surface area (TPSA) is 47.9 Å². The Labute approximate surface area is 131 Å². The van der Waals surface area contributed by atoms with E-state index < -0.39 is 38.9 Å². The van der Waals surface area contributed by atoms with Crippen molar-refractivity contribution in [3.8, 4) is 0 Å². The SMILES string of the molecule is CO[C@H]1O[C@H](CO[Si](C)(C)C(C)(C)C)C[C@H](C(F)(F)F)[C@H]1O. The van der Waals surface area contributed by atoms with Gasteiger partial charge in [-0.05, 0) is 24.6 Å². The molecule has 4 atom stereocenters. The van der Waals surface area contributed by atoms with Gasteiger partial charge in [0, 0.05) is 7.11 Å². The minimum atomic E-state index is -4.49. The number of aliphatic hydroxyl groups is 1. The van der Waals surface area contributed by atoms with Gasteiger partial charge < -0.3 is 19.0 Å². The Morgan fingerprint density at radius 3 is 2.18 bits per heavy atom. The lowest BCUT2D eigenvalue weighted by molar-refractivity contribution is -0.301. The van der Waals surface area contributed by atoms with Crippen molar-refractivity contribution in [1.82, 2.24) is 0 Å². The van der Waals surface area contributed by atoms with Gasteiger partial charge in [0.2, 0.25) is 0 Å². The van der Waals surface area contributed by atoms with Gasteiger partial charge >= 0.3 is 6.18 Å². The third kappa shape index (κ3) is 4.67. The molecule has 0 radical (unpaired) electrons. The smallest absolute Gasteiger partial charge is 0.394 e. The predicted octanol–water partition coefficient (Wildman–Crippen LogP) is 3.31. The van der Waals surface area contributed by atoms with Crippen LogP contribution in [0.25, 0.3) is 0 Å². The van der Waals surface area contributed by atoms with Crippen molar-refractivity contribution in [2.24, 2.45) is 5.92 Å². The molecule has 0 aromatic carbocycles. The third-order valence-electron chi connectivity index (χ3n) is 4.62. The zero-order valence-electron chi connectivity index (χ0n) is 14.0. The number of aliphatic hydroxyl groups excluding tert-OH is 1. The maximum Gasteiger partial charge on any atom is 0.394 e. The van der Waals surface area contributed by atoms with E-state index in [2.05, 4.69) is 20.8 Å². The third-order valence-corrected chi connectivity index (χ3v) is 9.12. The second-order valence-electron chi connectivity index (χ2n) is 7.31. The molecular formula is C14H27F3O4Si. The molecule has 0 aromatic heterocycles. The molecule has 1 heterocycles. The maximum absolute atomic E-state index is 13.0. The van der Waals surface area contributed by atoms with Gasteiger partial charge in [0.25, 0.3) is 0 Å². The van der Waals surface area contributed by atoms with Crippen LogP contribution in [0.1, 0.15) is 27.2 Å². The highest BCUT2D eigenvalue weighted by atomic mass is 28.4. The molecule has 1 N–H and O–H groups in total. The van der Waals surface area contributed by atoms with Crippen LogP contribution >= 0.6 is 0 Å². The summed E-state index contributed by atoms with van der Waals surface area (Å²) in [4.78, 5) is 0. The summed E-state index contributed by atoms with van der Waals surface area (Å²) in [6.07, 6.45) is -8.55.